The summed E-state index contributed by atoms with van der Waals surface area (Å²) in [5.41, 5.74) is 8.98. The number of aromatic nitrogens is 2. The summed E-state index contributed by atoms with van der Waals surface area (Å²) in [5, 5.41) is 23.4. The van der Waals surface area contributed by atoms with E-state index in [1.807, 2.05) is 49.4 Å². The molecule has 1 saturated heterocycles. The maximum absolute atomic E-state index is 12.4. The van der Waals surface area contributed by atoms with Crippen LogP contribution in [0.5, 0.6) is 5.88 Å². The molecule has 2 aromatic heterocycles. The van der Waals surface area contributed by atoms with Crippen molar-refractivity contribution in [1.82, 2.24) is 15.3 Å². The molecule has 1 atom stereocenters. The standard InChI is InChI=1S/C29H31N7O2S/c1-3-22-23(15-30)28(35-29(24(22)16-31)39-26(27(32)37)20-7-5-4-6-8-20)36-13-11-21(12-14-36)33-17-19-9-10-25(38-2)34-18-19/h4-10,18,21,26,33H,3,11-14,17H2,1-2H3,(H2,32,37). The summed E-state index contributed by atoms with van der Waals surface area (Å²) in [6, 6.07) is 17.9. The number of nitrogens with one attached hydrogen (secondary N) is 1. The first-order valence-electron chi connectivity index (χ1n) is 12.8. The molecule has 0 aliphatic carbocycles. The van der Waals surface area contributed by atoms with Gasteiger partial charge in [-0.2, -0.15) is 10.5 Å². The maximum Gasteiger partial charge on any atom is 0.235 e. The predicted molar refractivity (Wildman–Crippen MR) is 150 cm³/mol. The van der Waals surface area contributed by atoms with Gasteiger partial charge in [-0.05, 0) is 36.0 Å². The summed E-state index contributed by atoms with van der Waals surface area (Å²) < 4.78 is 5.12. The van der Waals surface area contributed by atoms with Gasteiger partial charge in [0, 0.05) is 37.9 Å². The average molecular weight is 542 g/mol. The molecule has 3 N–H and O–H groups in total. The van der Waals surface area contributed by atoms with Crippen molar-refractivity contribution in [3.8, 4) is 18.0 Å². The molecule has 0 radical (unpaired) electrons. The Bertz CT molecular complexity index is 1380. The minimum atomic E-state index is -0.710. The van der Waals surface area contributed by atoms with Crippen LogP contribution in [0.25, 0.3) is 0 Å². The van der Waals surface area contributed by atoms with Gasteiger partial charge in [-0.3, -0.25) is 4.79 Å². The second kappa shape index (κ2) is 13.1. The summed E-state index contributed by atoms with van der Waals surface area (Å²) in [4.78, 5) is 23.6. The summed E-state index contributed by atoms with van der Waals surface area (Å²) in [6.07, 6.45) is 4.04. The molecule has 1 unspecified atom stereocenters. The normalized spacial score (nSPS) is 14.3. The van der Waals surface area contributed by atoms with Crippen LogP contribution in [0.3, 0.4) is 0 Å². The number of nitriles is 2. The Kier molecular flexibility index (Phi) is 9.37. The van der Waals surface area contributed by atoms with E-state index >= 15 is 0 Å². The number of carbonyl (C=O) groups excluding carboxylic acids is 1. The van der Waals surface area contributed by atoms with E-state index in [9.17, 15) is 15.3 Å². The molecule has 0 bridgehead atoms. The Balaban J connectivity index is 1.55. The van der Waals surface area contributed by atoms with Gasteiger partial charge in [-0.25, -0.2) is 9.97 Å². The lowest BCUT2D eigenvalue weighted by Crippen LogP contribution is -2.43. The van der Waals surface area contributed by atoms with Crippen LogP contribution in [0.15, 0.2) is 53.7 Å². The number of thioether (sulfide) groups is 1. The number of ether oxygens (including phenoxy) is 1. The highest BCUT2D eigenvalue weighted by atomic mass is 32.2. The van der Waals surface area contributed by atoms with Crippen LogP contribution in [-0.2, 0) is 17.8 Å². The highest BCUT2D eigenvalue weighted by molar-refractivity contribution is 8.00. The number of hydrogen-bond acceptors (Lipinski definition) is 9. The van der Waals surface area contributed by atoms with Crippen LogP contribution in [0.2, 0.25) is 0 Å². The number of carbonyl (C=O) groups is 1. The zero-order valence-corrected chi connectivity index (χ0v) is 22.9. The van der Waals surface area contributed by atoms with Crippen LogP contribution >= 0.6 is 11.8 Å². The van der Waals surface area contributed by atoms with E-state index in [0.29, 0.717) is 65.5 Å². The molecule has 1 aliphatic heterocycles. The molecule has 1 aromatic carbocycles. The van der Waals surface area contributed by atoms with Crippen LogP contribution in [0, 0.1) is 22.7 Å². The van der Waals surface area contributed by atoms with Gasteiger partial charge in [0.15, 0.2) is 0 Å². The van der Waals surface area contributed by atoms with E-state index in [1.54, 1.807) is 13.3 Å². The molecule has 0 saturated carbocycles. The van der Waals surface area contributed by atoms with Gasteiger partial charge in [0.2, 0.25) is 11.8 Å². The van der Waals surface area contributed by atoms with Crippen molar-refractivity contribution in [3.05, 3.63) is 76.5 Å². The van der Waals surface area contributed by atoms with Crippen LogP contribution in [0.4, 0.5) is 5.82 Å². The first-order chi connectivity index (χ1) is 19.0. The van der Waals surface area contributed by atoms with E-state index in [4.69, 9.17) is 15.5 Å². The summed E-state index contributed by atoms with van der Waals surface area (Å²) in [5.74, 6) is 0.634. The lowest BCUT2D eigenvalue weighted by molar-refractivity contribution is -0.117. The maximum atomic E-state index is 12.4. The number of pyridine rings is 2. The smallest absolute Gasteiger partial charge is 0.235 e. The second-order valence-electron chi connectivity index (χ2n) is 9.21. The zero-order chi connectivity index (χ0) is 27.8. The minimum Gasteiger partial charge on any atom is -0.481 e. The van der Waals surface area contributed by atoms with E-state index in [1.165, 1.54) is 11.8 Å². The quantitative estimate of drug-likeness (QED) is 0.366. The second-order valence-corrected chi connectivity index (χ2v) is 10.3. The molecule has 1 aliphatic rings. The number of piperidine rings is 1. The summed E-state index contributed by atoms with van der Waals surface area (Å²) in [6.45, 7) is 4.03. The van der Waals surface area contributed by atoms with E-state index < -0.39 is 11.2 Å². The van der Waals surface area contributed by atoms with Crippen molar-refractivity contribution in [3.63, 3.8) is 0 Å². The van der Waals surface area contributed by atoms with Gasteiger partial charge >= 0.3 is 0 Å². The lowest BCUT2D eigenvalue weighted by atomic mass is 10.00. The fourth-order valence-electron chi connectivity index (χ4n) is 4.72. The minimum absolute atomic E-state index is 0.309. The number of primary amides is 1. The van der Waals surface area contributed by atoms with Crippen molar-refractivity contribution in [2.45, 2.75) is 49.0 Å². The number of methoxy groups -OCH3 is 1. The lowest BCUT2D eigenvalue weighted by Gasteiger charge is -2.34. The van der Waals surface area contributed by atoms with Crippen LogP contribution in [-0.4, -0.2) is 42.1 Å². The molecular formula is C29H31N7O2S. The number of nitrogens with two attached hydrogens (primary N) is 1. The van der Waals surface area contributed by atoms with Crippen LogP contribution in [0.1, 0.15) is 52.8 Å². The van der Waals surface area contributed by atoms with Crippen molar-refractivity contribution >= 4 is 23.5 Å². The Hall–Kier alpha value is -4.12. The first-order valence-corrected chi connectivity index (χ1v) is 13.7. The monoisotopic (exact) mass is 541 g/mol. The Morgan fingerprint density at radius 3 is 2.46 bits per heavy atom. The molecule has 0 spiro atoms. The third-order valence-corrected chi connectivity index (χ3v) is 8.07. The Labute approximate surface area is 233 Å². The number of benzene rings is 1. The van der Waals surface area contributed by atoms with Gasteiger partial charge < -0.3 is 20.7 Å². The fraction of sp³-hybridized carbons (Fsp3) is 0.345. The van der Waals surface area contributed by atoms with Crippen molar-refractivity contribution in [2.75, 3.05) is 25.1 Å². The van der Waals surface area contributed by atoms with E-state index in [0.717, 1.165) is 24.0 Å². The SMILES string of the molecule is CCc1c(C#N)c(SC(C(N)=O)c2ccccc2)nc(N2CCC(NCc3ccc(OC)nc3)CC2)c1C#N. The summed E-state index contributed by atoms with van der Waals surface area (Å²) in [7, 11) is 1.60. The van der Waals surface area contributed by atoms with E-state index in [2.05, 4.69) is 27.3 Å². The van der Waals surface area contributed by atoms with Crippen molar-refractivity contribution in [2.24, 2.45) is 5.73 Å². The van der Waals surface area contributed by atoms with Gasteiger partial charge in [0.25, 0.3) is 0 Å². The highest BCUT2D eigenvalue weighted by Crippen LogP contribution is 2.39. The molecule has 4 rings (SSSR count). The third kappa shape index (κ3) is 6.48. The predicted octanol–water partition coefficient (Wildman–Crippen LogP) is 3.87. The fourth-order valence-corrected chi connectivity index (χ4v) is 5.78. The Morgan fingerprint density at radius 2 is 1.90 bits per heavy atom. The molecule has 200 valence electrons. The average Bonchev–Trinajstić information content (AvgIpc) is 2.98. The largest absolute Gasteiger partial charge is 0.481 e. The molecule has 1 amide bonds. The summed E-state index contributed by atoms with van der Waals surface area (Å²) >= 11 is 1.17. The topological polar surface area (TPSA) is 141 Å². The molecule has 3 aromatic rings. The number of nitrogens with zero attached hydrogens (tertiary/aromatic N) is 5. The molecule has 9 nitrogen and oxygen atoms in total. The molecule has 1 fully saturated rings. The number of rotatable bonds is 10. The number of anilines is 1. The Morgan fingerprint density at radius 1 is 1.18 bits per heavy atom. The van der Waals surface area contributed by atoms with Gasteiger partial charge in [0.05, 0.1) is 18.2 Å². The third-order valence-electron chi connectivity index (χ3n) is 6.81. The molecule has 10 heteroatoms. The van der Waals surface area contributed by atoms with Crippen molar-refractivity contribution in [1.29, 1.82) is 10.5 Å². The van der Waals surface area contributed by atoms with Gasteiger partial charge in [-0.15, -0.1) is 0 Å². The first kappa shape index (κ1) is 27.9. The number of amides is 1. The van der Waals surface area contributed by atoms with Gasteiger partial charge in [0.1, 0.15) is 28.2 Å². The van der Waals surface area contributed by atoms with Crippen LogP contribution < -0.4 is 20.7 Å². The van der Waals surface area contributed by atoms with Gasteiger partial charge in [-0.1, -0.05) is 55.1 Å². The van der Waals surface area contributed by atoms with Crippen molar-refractivity contribution < 1.29 is 9.53 Å². The molecule has 39 heavy (non-hydrogen) atoms. The highest BCUT2D eigenvalue weighted by Gasteiger charge is 2.29. The zero-order valence-electron chi connectivity index (χ0n) is 22.1. The number of hydrogen-bond donors (Lipinski definition) is 2. The van der Waals surface area contributed by atoms with E-state index in [-0.39, 0.29) is 0 Å². The molecule has 3 heterocycles. The molecular weight excluding hydrogens is 510 g/mol.